The van der Waals surface area contributed by atoms with Gasteiger partial charge in [0.2, 0.25) is 0 Å². The summed E-state index contributed by atoms with van der Waals surface area (Å²) in [6, 6.07) is 20.1. The van der Waals surface area contributed by atoms with E-state index in [4.69, 9.17) is 0 Å². The van der Waals surface area contributed by atoms with Gasteiger partial charge < -0.3 is 24.8 Å². The van der Waals surface area contributed by atoms with E-state index in [9.17, 15) is 0 Å². The molecule has 1 heterocycles. The number of aryl methyl sites for hydroxylation is 2. The molecule has 158 valence electrons. The fraction of sp³-hybridized carbons (Fsp3) is 0.259. The largest absolute Gasteiger partial charge is 4.00 e. The van der Waals surface area contributed by atoms with Gasteiger partial charge in [-0.15, -0.1) is 47.5 Å². The van der Waals surface area contributed by atoms with Crippen molar-refractivity contribution in [1.82, 2.24) is 0 Å². The normalized spacial score (nSPS) is 14.6. The second kappa shape index (κ2) is 16.7. The summed E-state index contributed by atoms with van der Waals surface area (Å²) in [6.45, 7) is 4.23. The Labute approximate surface area is 222 Å². The summed E-state index contributed by atoms with van der Waals surface area (Å²) in [5.74, 6) is 0. The third-order valence-electron chi connectivity index (χ3n) is 4.76. The van der Waals surface area contributed by atoms with Crippen molar-refractivity contribution in [2.45, 2.75) is 45.2 Å². The molecule has 3 aliphatic rings. The molecule has 2 radical (unpaired) electrons. The van der Waals surface area contributed by atoms with Crippen molar-refractivity contribution in [3.63, 3.8) is 0 Å². The Bertz CT molecular complexity index is 833. The molecule has 1 fully saturated rings. The van der Waals surface area contributed by atoms with Crippen LogP contribution in [0.3, 0.4) is 0 Å². The average molecular weight is 630 g/mol. The maximum atomic E-state index is 3.31. The third-order valence-corrected chi connectivity index (χ3v) is 6.17. The average Bonchev–Trinajstić information content (AvgIpc) is 3.35. The van der Waals surface area contributed by atoms with Gasteiger partial charge in [0.25, 0.3) is 0 Å². The maximum Gasteiger partial charge on any atom is 4.00 e. The molecule has 1 saturated heterocycles. The van der Waals surface area contributed by atoms with Gasteiger partial charge in [-0.25, -0.2) is 0 Å². The van der Waals surface area contributed by atoms with Crippen molar-refractivity contribution in [2.75, 3.05) is 0 Å². The first kappa shape index (κ1) is 30.1. The van der Waals surface area contributed by atoms with Gasteiger partial charge in [0, 0.05) is 9.52 Å². The van der Waals surface area contributed by atoms with Crippen LogP contribution in [0.2, 0.25) is 12.1 Å². The molecule has 2 aromatic carbocycles. The van der Waals surface area contributed by atoms with Crippen LogP contribution in [0, 0.1) is 26.0 Å². The first-order valence-corrected chi connectivity index (χ1v) is 11.5. The Kier molecular flexibility index (Phi) is 16.2. The minimum atomic E-state index is 0. The van der Waals surface area contributed by atoms with Gasteiger partial charge in [-0.1, -0.05) is 66.7 Å². The molecule has 2 aromatic rings. The van der Waals surface area contributed by atoms with Crippen molar-refractivity contribution in [3.8, 4) is 0 Å². The van der Waals surface area contributed by atoms with E-state index in [0.29, 0.717) is 0 Å². The van der Waals surface area contributed by atoms with Crippen molar-refractivity contribution in [3.05, 3.63) is 107 Å². The molecule has 5 rings (SSSR count). The molecule has 0 spiro atoms. The van der Waals surface area contributed by atoms with Crippen LogP contribution < -0.4 is 24.8 Å². The molecule has 0 atom stereocenters. The van der Waals surface area contributed by atoms with Crippen molar-refractivity contribution < 1.29 is 50.7 Å². The Balaban J connectivity index is 0.000000455. The van der Waals surface area contributed by atoms with E-state index in [-0.39, 0.29) is 50.7 Å². The minimum absolute atomic E-state index is 0. The molecule has 0 bridgehead atoms. The van der Waals surface area contributed by atoms with E-state index in [1.165, 1.54) is 61.4 Å². The monoisotopic (exact) mass is 630 g/mol. The minimum Gasteiger partial charge on any atom is -1.00 e. The van der Waals surface area contributed by atoms with E-state index in [0.717, 1.165) is 12.8 Å². The van der Waals surface area contributed by atoms with Crippen LogP contribution in [0.15, 0.2) is 72.8 Å². The molecular weight excluding hydrogens is 602 g/mol. The number of hydrogen-bond acceptors (Lipinski definition) is 0. The summed E-state index contributed by atoms with van der Waals surface area (Å²) in [5.41, 5.74) is 7.65. The summed E-state index contributed by atoms with van der Waals surface area (Å²) in [4.78, 5) is 0. The fourth-order valence-corrected chi connectivity index (χ4v) is 3.36. The number of hydrogen-bond donors (Lipinski definition) is 0. The zero-order valence-corrected chi connectivity index (χ0v) is 24.3. The standard InChI is InChI=1S/2C12H11.C3H6Si.2ClH.Hf/c2*1-10-5-4-8-12(9-10)11-6-2-3-7-11;1-2-4-3-1;;;/h2*2,4-6,8-9H,3H2,1H3;1-3H2;2*1H;/q2*-1;;;;+4/p-2. The van der Waals surface area contributed by atoms with Crippen molar-refractivity contribution >= 4 is 20.7 Å². The van der Waals surface area contributed by atoms with Crippen molar-refractivity contribution in [2.24, 2.45) is 0 Å². The molecule has 0 amide bonds. The van der Waals surface area contributed by atoms with Crippen LogP contribution in [-0.4, -0.2) is 9.52 Å². The van der Waals surface area contributed by atoms with Crippen LogP contribution in [0.5, 0.6) is 0 Å². The predicted molar refractivity (Wildman–Crippen MR) is 123 cm³/mol. The van der Waals surface area contributed by atoms with Gasteiger partial charge in [-0.3, -0.25) is 0 Å². The summed E-state index contributed by atoms with van der Waals surface area (Å²) < 4.78 is 0. The zero-order chi connectivity index (χ0) is 19.6. The first-order chi connectivity index (χ1) is 13.7. The van der Waals surface area contributed by atoms with E-state index in [2.05, 4.69) is 98.8 Å². The first-order valence-electron chi connectivity index (χ1n) is 10.1. The molecule has 31 heavy (non-hydrogen) atoms. The molecule has 0 saturated carbocycles. The van der Waals surface area contributed by atoms with Gasteiger partial charge in [0.15, 0.2) is 0 Å². The number of allylic oxidation sites excluding steroid dienone is 8. The number of benzene rings is 2. The van der Waals surface area contributed by atoms with Crippen LogP contribution >= 0.6 is 0 Å². The molecule has 0 nitrogen and oxygen atoms in total. The summed E-state index contributed by atoms with van der Waals surface area (Å²) in [5, 5.41) is 0. The van der Waals surface area contributed by atoms with Crippen LogP contribution in [-0.2, 0) is 25.8 Å². The van der Waals surface area contributed by atoms with Gasteiger partial charge >= 0.3 is 25.8 Å². The van der Waals surface area contributed by atoms with Crippen LogP contribution in [0.4, 0.5) is 0 Å². The predicted octanol–water partition coefficient (Wildman–Crippen LogP) is 1.22. The quantitative estimate of drug-likeness (QED) is 0.347. The van der Waals surface area contributed by atoms with Crippen LogP contribution in [0.1, 0.15) is 41.5 Å². The zero-order valence-electron chi connectivity index (χ0n) is 18.2. The van der Waals surface area contributed by atoms with Gasteiger partial charge in [0.05, 0.1) is 0 Å². The number of halogens is 2. The smallest absolute Gasteiger partial charge is 1.00 e. The molecule has 0 N–H and O–H groups in total. The van der Waals surface area contributed by atoms with Gasteiger partial charge in [-0.2, -0.15) is 35.5 Å². The molecule has 1 aliphatic heterocycles. The molecule has 2 aliphatic carbocycles. The Morgan fingerprint density at radius 3 is 1.35 bits per heavy atom. The Morgan fingerprint density at radius 1 is 0.710 bits per heavy atom. The Morgan fingerprint density at radius 2 is 1.10 bits per heavy atom. The van der Waals surface area contributed by atoms with E-state index >= 15 is 0 Å². The second-order valence-corrected chi connectivity index (χ2v) is 8.74. The van der Waals surface area contributed by atoms with E-state index in [1.807, 2.05) is 0 Å². The van der Waals surface area contributed by atoms with Crippen molar-refractivity contribution in [1.29, 1.82) is 0 Å². The van der Waals surface area contributed by atoms with E-state index < -0.39 is 0 Å². The topological polar surface area (TPSA) is 0 Å². The summed E-state index contributed by atoms with van der Waals surface area (Å²) >= 11 is 0. The third kappa shape index (κ3) is 10.5. The van der Waals surface area contributed by atoms with Gasteiger partial charge in [0.1, 0.15) is 0 Å². The SMILES string of the molecule is C1C[Si]C1.Cc1cccc(C2=[C-]CC=C2)c1.Cc1cccc(C2=[C-]CC=C2)c1.[Cl-].[Cl-].[Hf+4]. The van der Waals surface area contributed by atoms with E-state index in [1.54, 1.807) is 0 Å². The summed E-state index contributed by atoms with van der Waals surface area (Å²) in [7, 11) is 1.32. The Hall–Kier alpha value is -0.933. The molecular formula is C27H28Cl2HfSi. The van der Waals surface area contributed by atoms with Crippen LogP contribution in [0.25, 0.3) is 11.1 Å². The number of rotatable bonds is 2. The molecule has 0 unspecified atom stereocenters. The molecule has 0 aromatic heterocycles. The fourth-order valence-electron chi connectivity index (χ4n) is 3.01. The second-order valence-electron chi connectivity index (χ2n) is 7.24. The van der Waals surface area contributed by atoms with Gasteiger partial charge in [-0.05, 0) is 13.8 Å². The summed E-state index contributed by atoms with van der Waals surface area (Å²) in [6.07, 6.45) is 18.6. The maximum absolute atomic E-state index is 3.31. The molecule has 4 heteroatoms.